The van der Waals surface area contributed by atoms with E-state index in [1.165, 1.54) is 5.56 Å². The highest BCUT2D eigenvalue weighted by Gasteiger charge is 2.12. The fourth-order valence-electron chi connectivity index (χ4n) is 2.25. The molecule has 2 aromatic carbocycles. The van der Waals surface area contributed by atoms with Gasteiger partial charge in [-0.2, -0.15) is 5.48 Å². The van der Waals surface area contributed by atoms with Crippen molar-refractivity contribution in [2.45, 2.75) is 32.7 Å². The third-order valence-corrected chi connectivity index (χ3v) is 3.55. The normalized spacial score (nSPS) is 11.7. The predicted molar refractivity (Wildman–Crippen MR) is 92.4 cm³/mol. The molecule has 122 valence electrons. The van der Waals surface area contributed by atoms with Gasteiger partial charge in [-0.15, -0.1) is 0 Å². The topological polar surface area (TPSA) is 50.4 Å². The van der Waals surface area contributed by atoms with Crippen molar-refractivity contribution in [2.75, 3.05) is 6.54 Å². The molecule has 0 spiro atoms. The zero-order chi connectivity index (χ0) is 16.5. The summed E-state index contributed by atoms with van der Waals surface area (Å²) in [4.78, 5) is 17.6. The van der Waals surface area contributed by atoms with Crippen molar-refractivity contribution in [3.63, 3.8) is 0 Å². The van der Waals surface area contributed by atoms with Gasteiger partial charge in [-0.3, -0.25) is 4.79 Å². The SMILES string of the molecule is CCNC(=O)c1ccccc1ONC(C)CCc1ccccc1. The first-order valence-corrected chi connectivity index (χ1v) is 8.04. The van der Waals surface area contributed by atoms with Gasteiger partial charge < -0.3 is 10.2 Å². The third kappa shape index (κ3) is 5.42. The number of hydrogen-bond donors (Lipinski definition) is 2. The first-order valence-electron chi connectivity index (χ1n) is 8.04. The number of rotatable bonds is 8. The van der Waals surface area contributed by atoms with E-state index in [1.807, 2.05) is 37.3 Å². The maximum atomic E-state index is 12.0. The van der Waals surface area contributed by atoms with E-state index in [9.17, 15) is 4.79 Å². The highest BCUT2D eigenvalue weighted by Crippen LogP contribution is 2.17. The highest BCUT2D eigenvalue weighted by molar-refractivity contribution is 5.96. The molecule has 0 saturated heterocycles. The molecule has 23 heavy (non-hydrogen) atoms. The molecule has 0 saturated carbocycles. The van der Waals surface area contributed by atoms with E-state index in [0.717, 1.165) is 12.8 Å². The first kappa shape index (κ1) is 17.0. The summed E-state index contributed by atoms with van der Waals surface area (Å²) in [7, 11) is 0. The number of carbonyl (C=O) groups is 1. The maximum Gasteiger partial charge on any atom is 0.255 e. The lowest BCUT2D eigenvalue weighted by Gasteiger charge is -2.16. The lowest BCUT2D eigenvalue weighted by atomic mass is 10.1. The largest absolute Gasteiger partial charge is 0.408 e. The Morgan fingerprint density at radius 3 is 2.52 bits per heavy atom. The quantitative estimate of drug-likeness (QED) is 0.735. The summed E-state index contributed by atoms with van der Waals surface area (Å²) in [6.45, 7) is 4.55. The number of hydroxylamine groups is 1. The third-order valence-electron chi connectivity index (χ3n) is 3.55. The van der Waals surface area contributed by atoms with Crippen molar-refractivity contribution in [2.24, 2.45) is 0 Å². The van der Waals surface area contributed by atoms with Crippen LogP contribution < -0.4 is 15.6 Å². The van der Waals surface area contributed by atoms with Gasteiger partial charge in [0.2, 0.25) is 0 Å². The van der Waals surface area contributed by atoms with Gasteiger partial charge in [0.1, 0.15) is 0 Å². The van der Waals surface area contributed by atoms with Crippen LogP contribution in [0.1, 0.15) is 36.2 Å². The number of hydrogen-bond acceptors (Lipinski definition) is 3. The Labute approximate surface area is 137 Å². The van der Waals surface area contributed by atoms with Crippen LogP contribution in [-0.4, -0.2) is 18.5 Å². The molecule has 1 amide bonds. The zero-order valence-electron chi connectivity index (χ0n) is 13.7. The number of amides is 1. The van der Waals surface area contributed by atoms with Crippen molar-refractivity contribution >= 4 is 5.91 Å². The lowest BCUT2D eigenvalue weighted by molar-refractivity contribution is 0.0942. The molecule has 1 unspecified atom stereocenters. The average Bonchev–Trinajstić information content (AvgIpc) is 2.59. The van der Waals surface area contributed by atoms with Crippen molar-refractivity contribution in [3.8, 4) is 5.75 Å². The molecule has 0 aromatic heterocycles. The molecular formula is C19H24N2O2. The van der Waals surface area contributed by atoms with Gasteiger partial charge in [-0.25, -0.2) is 0 Å². The Kier molecular flexibility index (Phi) is 6.63. The van der Waals surface area contributed by atoms with Crippen molar-refractivity contribution in [1.82, 2.24) is 10.8 Å². The Morgan fingerprint density at radius 2 is 1.78 bits per heavy atom. The Balaban J connectivity index is 1.86. The molecule has 4 nitrogen and oxygen atoms in total. The number of benzene rings is 2. The van der Waals surface area contributed by atoms with Crippen LogP contribution in [0.5, 0.6) is 5.75 Å². The minimum Gasteiger partial charge on any atom is -0.408 e. The predicted octanol–water partition coefficient (Wildman–Crippen LogP) is 3.34. The number of para-hydroxylation sites is 1. The highest BCUT2D eigenvalue weighted by atomic mass is 16.6. The molecule has 0 heterocycles. The van der Waals surface area contributed by atoms with E-state index in [1.54, 1.807) is 12.1 Å². The maximum absolute atomic E-state index is 12.0. The summed E-state index contributed by atoms with van der Waals surface area (Å²) in [5, 5.41) is 2.79. The number of nitrogens with one attached hydrogen (secondary N) is 2. The molecule has 2 aromatic rings. The van der Waals surface area contributed by atoms with E-state index in [-0.39, 0.29) is 11.9 Å². The van der Waals surface area contributed by atoms with Gasteiger partial charge in [0.05, 0.1) is 5.56 Å². The summed E-state index contributed by atoms with van der Waals surface area (Å²) in [6.07, 6.45) is 1.93. The Bertz CT molecular complexity index is 614. The van der Waals surface area contributed by atoms with Crippen LogP contribution in [0.25, 0.3) is 0 Å². The van der Waals surface area contributed by atoms with Crippen LogP contribution in [0, 0.1) is 0 Å². The minimum atomic E-state index is -0.123. The van der Waals surface area contributed by atoms with Crippen molar-refractivity contribution in [3.05, 3.63) is 65.7 Å². The van der Waals surface area contributed by atoms with E-state index in [4.69, 9.17) is 4.84 Å². The van der Waals surface area contributed by atoms with Crippen LogP contribution in [0.2, 0.25) is 0 Å². The van der Waals surface area contributed by atoms with Gasteiger partial charge in [-0.05, 0) is 44.4 Å². The average molecular weight is 312 g/mol. The Morgan fingerprint density at radius 1 is 1.09 bits per heavy atom. The lowest BCUT2D eigenvalue weighted by Crippen LogP contribution is -2.31. The molecule has 0 radical (unpaired) electrons. The second-order valence-electron chi connectivity index (χ2n) is 5.50. The van der Waals surface area contributed by atoms with Crippen LogP contribution in [0.3, 0.4) is 0 Å². The van der Waals surface area contributed by atoms with Gasteiger partial charge in [0, 0.05) is 12.6 Å². The molecule has 1 atom stereocenters. The molecule has 4 heteroatoms. The van der Waals surface area contributed by atoms with Gasteiger partial charge in [0.15, 0.2) is 5.75 Å². The fourth-order valence-corrected chi connectivity index (χ4v) is 2.25. The number of carbonyl (C=O) groups excluding carboxylic acids is 1. The summed E-state index contributed by atoms with van der Waals surface area (Å²) >= 11 is 0. The zero-order valence-corrected chi connectivity index (χ0v) is 13.7. The van der Waals surface area contributed by atoms with Crippen molar-refractivity contribution in [1.29, 1.82) is 0 Å². The van der Waals surface area contributed by atoms with Crippen LogP contribution >= 0.6 is 0 Å². The first-order chi connectivity index (χ1) is 11.2. The second kappa shape index (κ2) is 8.96. The Hall–Kier alpha value is -2.33. The number of aryl methyl sites for hydroxylation is 1. The van der Waals surface area contributed by atoms with Gasteiger partial charge >= 0.3 is 0 Å². The van der Waals surface area contributed by atoms with E-state index in [2.05, 4.69) is 29.9 Å². The minimum absolute atomic E-state index is 0.123. The molecule has 0 bridgehead atoms. The van der Waals surface area contributed by atoms with E-state index in [0.29, 0.717) is 17.9 Å². The summed E-state index contributed by atoms with van der Waals surface area (Å²) < 4.78 is 0. The molecular weight excluding hydrogens is 288 g/mol. The molecule has 0 aliphatic heterocycles. The monoisotopic (exact) mass is 312 g/mol. The van der Waals surface area contributed by atoms with Crippen LogP contribution in [-0.2, 0) is 6.42 Å². The van der Waals surface area contributed by atoms with E-state index < -0.39 is 0 Å². The molecule has 0 aliphatic carbocycles. The van der Waals surface area contributed by atoms with Gasteiger partial charge in [-0.1, -0.05) is 42.5 Å². The smallest absolute Gasteiger partial charge is 0.255 e. The fraction of sp³-hybridized carbons (Fsp3) is 0.316. The summed E-state index contributed by atoms with van der Waals surface area (Å²) in [5.41, 5.74) is 4.87. The second-order valence-corrected chi connectivity index (χ2v) is 5.50. The summed E-state index contributed by atoms with van der Waals surface area (Å²) in [5.74, 6) is 0.423. The van der Waals surface area contributed by atoms with Crippen LogP contribution in [0.15, 0.2) is 54.6 Å². The summed E-state index contributed by atoms with van der Waals surface area (Å²) in [6, 6.07) is 17.8. The van der Waals surface area contributed by atoms with Crippen molar-refractivity contribution < 1.29 is 9.63 Å². The molecule has 2 N–H and O–H groups in total. The standard InChI is InChI=1S/C19H24N2O2/c1-3-20-19(22)17-11-7-8-12-18(17)23-21-15(2)13-14-16-9-5-4-6-10-16/h4-12,15,21H,3,13-14H2,1-2H3,(H,20,22). The molecule has 2 rings (SSSR count). The van der Waals surface area contributed by atoms with Gasteiger partial charge in [0.25, 0.3) is 5.91 Å². The van der Waals surface area contributed by atoms with E-state index >= 15 is 0 Å². The molecule has 0 aliphatic rings. The molecule has 0 fully saturated rings. The van der Waals surface area contributed by atoms with Crippen LogP contribution in [0.4, 0.5) is 0 Å².